The molecule has 0 aromatic heterocycles. The molecular weight excluding hydrogens is 329 g/mol. The van der Waals surface area contributed by atoms with Crippen molar-refractivity contribution < 1.29 is 49.8 Å². The standard InChI is InChI=1S/C11H13F7O4/c1-4-9(3,12)8(20)21-5(2)6(19)22-7(10(13,14)15)11(16,17)18/h5,7H,4H2,1-3H3. The highest BCUT2D eigenvalue weighted by Gasteiger charge is 2.60. The summed E-state index contributed by atoms with van der Waals surface area (Å²) in [4.78, 5) is 22.4. The van der Waals surface area contributed by atoms with Gasteiger partial charge in [-0.1, -0.05) is 6.92 Å². The fourth-order valence-corrected chi connectivity index (χ4v) is 1.01. The monoisotopic (exact) mass is 342 g/mol. The molecule has 0 aromatic carbocycles. The Labute approximate surface area is 120 Å². The highest BCUT2D eigenvalue weighted by atomic mass is 19.4. The molecule has 2 unspecified atom stereocenters. The average Bonchev–Trinajstić information content (AvgIpc) is 2.32. The summed E-state index contributed by atoms with van der Waals surface area (Å²) >= 11 is 0. The lowest BCUT2D eigenvalue weighted by Crippen LogP contribution is -2.47. The molecule has 0 amide bonds. The molecule has 0 saturated carbocycles. The first-order valence-electron chi connectivity index (χ1n) is 5.86. The average molecular weight is 342 g/mol. The minimum atomic E-state index is -5.89. The van der Waals surface area contributed by atoms with Gasteiger partial charge in [0.05, 0.1) is 0 Å². The van der Waals surface area contributed by atoms with E-state index in [9.17, 15) is 40.3 Å². The van der Waals surface area contributed by atoms with Gasteiger partial charge in [0, 0.05) is 0 Å². The predicted octanol–water partition coefficient (Wildman–Crippen LogP) is 3.09. The van der Waals surface area contributed by atoms with Crippen LogP contribution >= 0.6 is 0 Å². The van der Waals surface area contributed by atoms with Crippen LogP contribution in [0.15, 0.2) is 0 Å². The van der Waals surface area contributed by atoms with Crippen molar-refractivity contribution in [3.8, 4) is 0 Å². The van der Waals surface area contributed by atoms with Crippen molar-refractivity contribution in [3.63, 3.8) is 0 Å². The molecule has 0 heterocycles. The zero-order chi connectivity index (χ0) is 17.9. The Balaban J connectivity index is 4.94. The maximum absolute atomic E-state index is 13.5. The summed E-state index contributed by atoms with van der Waals surface area (Å²) in [6.07, 6.45) is -18.7. The van der Waals surface area contributed by atoms with Gasteiger partial charge in [-0.25, -0.2) is 14.0 Å². The molecule has 0 aromatic rings. The van der Waals surface area contributed by atoms with Crippen LogP contribution in [0.1, 0.15) is 27.2 Å². The molecule has 0 rings (SSSR count). The van der Waals surface area contributed by atoms with E-state index in [1.807, 2.05) is 0 Å². The second-order valence-electron chi connectivity index (χ2n) is 4.50. The molecule has 130 valence electrons. The van der Waals surface area contributed by atoms with Crippen molar-refractivity contribution in [1.29, 1.82) is 0 Å². The quantitative estimate of drug-likeness (QED) is 0.569. The maximum atomic E-state index is 13.5. The Bertz CT molecular complexity index is 400. The second-order valence-corrected chi connectivity index (χ2v) is 4.50. The van der Waals surface area contributed by atoms with Gasteiger partial charge in [0.15, 0.2) is 6.10 Å². The molecule has 0 spiro atoms. The summed E-state index contributed by atoms with van der Waals surface area (Å²) in [6, 6.07) is 0. The van der Waals surface area contributed by atoms with E-state index in [4.69, 9.17) is 0 Å². The number of esters is 2. The minimum Gasteiger partial charge on any atom is -0.448 e. The van der Waals surface area contributed by atoms with Gasteiger partial charge in [-0.15, -0.1) is 0 Å². The van der Waals surface area contributed by atoms with Crippen LogP contribution in [0.5, 0.6) is 0 Å². The van der Waals surface area contributed by atoms with Gasteiger partial charge in [0.1, 0.15) is 0 Å². The Morgan fingerprint density at radius 1 is 0.955 bits per heavy atom. The molecule has 0 saturated heterocycles. The minimum absolute atomic E-state index is 0.374. The SMILES string of the molecule is CCC(C)(F)C(=O)OC(C)C(=O)OC(C(F)(F)F)C(F)(F)F. The maximum Gasteiger partial charge on any atom is 0.434 e. The normalized spacial score (nSPS) is 16.9. The summed E-state index contributed by atoms with van der Waals surface area (Å²) in [5.74, 6) is -3.70. The zero-order valence-electron chi connectivity index (χ0n) is 11.6. The van der Waals surface area contributed by atoms with Crippen LogP contribution in [0.3, 0.4) is 0 Å². The van der Waals surface area contributed by atoms with E-state index in [0.29, 0.717) is 6.92 Å². The third-order valence-corrected chi connectivity index (χ3v) is 2.53. The topological polar surface area (TPSA) is 52.6 Å². The van der Waals surface area contributed by atoms with Crippen LogP contribution in [0.4, 0.5) is 30.7 Å². The summed E-state index contributed by atoms with van der Waals surface area (Å²) < 4.78 is 94.0. The molecule has 0 bridgehead atoms. The number of carbonyl (C=O) groups is 2. The number of rotatable bonds is 5. The Kier molecular flexibility index (Phi) is 6.22. The van der Waals surface area contributed by atoms with Gasteiger partial charge < -0.3 is 9.47 Å². The van der Waals surface area contributed by atoms with E-state index in [2.05, 4.69) is 9.47 Å². The number of hydrogen-bond acceptors (Lipinski definition) is 4. The van der Waals surface area contributed by atoms with Gasteiger partial charge in [0.2, 0.25) is 5.67 Å². The molecule has 2 atom stereocenters. The molecule has 4 nitrogen and oxygen atoms in total. The number of hydrogen-bond donors (Lipinski definition) is 0. The van der Waals surface area contributed by atoms with Crippen LogP contribution in [-0.4, -0.2) is 42.2 Å². The van der Waals surface area contributed by atoms with E-state index in [1.54, 1.807) is 0 Å². The van der Waals surface area contributed by atoms with E-state index in [1.165, 1.54) is 6.92 Å². The second kappa shape index (κ2) is 6.69. The molecule has 0 fully saturated rings. The van der Waals surface area contributed by atoms with Crippen molar-refractivity contribution >= 4 is 11.9 Å². The fourth-order valence-electron chi connectivity index (χ4n) is 1.01. The van der Waals surface area contributed by atoms with Crippen molar-refractivity contribution in [1.82, 2.24) is 0 Å². The number of alkyl halides is 7. The van der Waals surface area contributed by atoms with E-state index in [0.717, 1.165) is 6.92 Å². The third-order valence-electron chi connectivity index (χ3n) is 2.53. The lowest BCUT2D eigenvalue weighted by molar-refractivity contribution is -0.314. The molecule has 11 heteroatoms. The number of carbonyl (C=O) groups excluding carboxylic acids is 2. The lowest BCUT2D eigenvalue weighted by Gasteiger charge is -2.25. The van der Waals surface area contributed by atoms with Crippen molar-refractivity contribution in [2.24, 2.45) is 0 Å². The molecule has 0 aliphatic rings. The Morgan fingerprint density at radius 3 is 1.68 bits per heavy atom. The highest BCUT2D eigenvalue weighted by molar-refractivity contribution is 5.83. The van der Waals surface area contributed by atoms with Crippen LogP contribution in [0.25, 0.3) is 0 Å². The smallest absolute Gasteiger partial charge is 0.434 e. The van der Waals surface area contributed by atoms with Gasteiger partial charge in [-0.2, -0.15) is 26.3 Å². The number of ether oxygens (including phenoxy) is 2. The zero-order valence-corrected chi connectivity index (χ0v) is 11.6. The molecule has 0 aliphatic heterocycles. The lowest BCUT2D eigenvalue weighted by atomic mass is 10.1. The molecule has 0 N–H and O–H groups in total. The van der Waals surface area contributed by atoms with Gasteiger partial charge in [0.25, 0.3) is 6.10 Å². The van der Waals surface area contributed by atoms with Crippen LogP contribution < -0.4 is 0 Å². The Hall–Kier alpha value is -1.55. The predicted molar refractivity (Wildman–Crippen MR) is 57.3 cm³/mol. The largest absolute Gasteiger partial charge is 0.448 e. The summed E-state index contributed by atoms with van der Waals surface area (Å²) in [7, 11) is 0. The fraction of sp³-hybridized carbons (Fsp3) is 0.818. The van der Waals surface area contributed by atoms with Crippen molar-refractivity contribution in [3.05, 3.63) is 0 Å². The van der Waals surface area contributed by atoms with E-state index < -0.39 is 42.2 Å². The summed E-state index contributed by atoms with van der Waals surface area (Å²) in [5, 5.41) is 0. The van der Waals surface area contributed by atoms with Gasteiger partial charge in [-0.05, 0) is 20.3 Å². The van der Waals surface area contributed by atoms with Gasteiger partial charge >= 0.3 is 24.3 Å². The first-order chi connectivity index (χ1) is 9.63. The highest BCUT2D eigenvalue weighted by Crippen LogP contribution is 2.36. The summed E-state index contributed by atoms with van der Waals surface area (Å²) in [5.41, 5.74) is -2.54. The number of halogens is 7. The van der Waals surface area contributed by atoms with Gasteiger partial charge in [-0.3, -0.25) is 0 Å². The first-order valence-corrected chi connectivity index (χ1v) is 5.86. The van der Waals surface area contributed by atoms with Crippen LogP contribution in [0, 0.1) is 0 Å². The molecule has 0 aliphatic carbocycles. The van der Waals surface area contributed by atoms with Crippen molar-refractivity contribution in [2.45, 2.75) is 57.4 Å². The van der Waals surface area contributed by atoms with Crippen LogP contribution in [0.2, 0.25) is 0 Å². The molecule has 22 heavy (non-hydrogen) atoms. The molecular formula is C11H13F7O4. The van der Waals surface area contributed by atoms with Crippen molar-refractivity contribution in [2.75, 3.05) is 0 Å². The van der Waals surface area contributed by atoms with E-state index >= 15 is 0 Å². The third kappa shape index (κ3) is 5.68. The van der Waals surface area contributed by atoms with Crippen LogP contribution in [-0.2, 0) is 19.1 Å². The van der Waals surface area contributed by atoms with E-state index in [-0.39, 0.29) is 6.42 Å². The summed E-state index contributed by atoms with van der Waals surface area (Å²) in [6.45, 7) is 2.69. The first kappa shape index (κ1) is 20.5. The molecule has 0 radical (unpaired) electrons. The Morgan fingerprint density at radius 2 is 1.36 bits per heavy atom.